The molecule has 4 nitrogen and oxygen atoms in total. The standard InChI is InChI=1S/C10H13BrCl2N2O2S/c1-6(14-2)5-15-18(16,17)8-4-3-7(11)9(12)10(8)13/h3-4,6,14-15H,5H2,1-2H3. The first-order chi connectivity index (χ1) is 8.29. The van der Waals surface area contributed by atoms with Gasteiger partial charge in [0.25, 0.3) is 0 Å². The first-order valence-electron chi connectivity index (χ1n) is 5.10. The normalized spacial score (nSPS) is 13.6. The Labute approximate surface area is 125 Å². The smallest absolute Gasteiger partial charge is 0.242 e. The number of sulfonamides is 1. The van der Waals surface area contributed by atoms with E-state index in [0.29, 0.717) is 4.47 Å². The summed E-state index contributed by atoms with van der Waals surface area (Å²) in [5.74, 6) is 0. The maximum Gasteiger partial charge on any atom is 0.242 e. The van der Waals surface area contributed by atoms with E-state index in [1.807, 2.05) is 6.92 Å². The fraction of sp³-hybridized carbons (Fsp3) is 0.400. The van der Waals surface area contributed by atoms with Crippen molar-refractivity contribution in [3.8, 4) is 0 Å². The first kappa shape index (κ1) is 16.2. The second-order valence-electron chi connectivity index (χ2n) is 3.72. The van der Waals surface area contributed by atoms with Crippen molar-refractivity contribution in [1.82, 2.24) is 10.0 Å². The van der Waals surface area contributed by atoms with Gasteiger partial charge in [-0.15, -0.1) is 0 Å². The molecule has 1 aromatic carbocycles. The molecule has 8 heteroatoms. The highest BCUT2D eigenvalue weighted by molar-refractivity contribution is 9.10. The van der Waals surface area contributed by atoms with Crippen LogP contribution in [-0.4, -0.2) is 28.1 Å². The van der Waals surface area contributed by atoms with Gasteiger partial charge in [0.15, 0.2) is 0 Å². The second-order valence-corrected chi connectivity index (χ2v) is 7.06. The quantitative estimate of drug-likeness (QED) is 0.777. The molecule has 0 spiro atoms. The van der Waals surface area contributed by atoms with Crippen LogP contribution in [0.5, 0.6) is 0 Å². The molecule has 2 N–H and O–H groups in total. The SMILES string of the molecule is CNC(C)CNS(=O)(=O)c1ccc(Br)c(Cl)c1Cl. The zero-order valence-electron chi connectivity index (χ0n) is 9.80. The van der Waals surface area contributed by atoms with Crippen molar-refractivity contribution in [2.75, 3.05) is 13.6 Å². The van der Waals surface area contributed by atoms with E-state index in [-0.39, 0.29) is 27.5 Å². The predicted molar refractivity (Wildman–Crippen MR) is 77.9 cm³/mol. The minimum absolute atomic E-state index is 0.00986. The van der Waals surface area contributed by atoms with Crippen LogP contribution in [0, 0.1) is 0 Å². The Morgan fingerprint density at radius 2 is 1.94 bits per heavy atom. The van der Waals surface area contributed by atoms with Gasteiger partial charge in [0.1, 0.15) is 4.90 Å². The Kier molecular flexibility index (Phi) is 5.89. The molecule has 0 bridgehead atoms. The maximum atomic E-state index is 12.0. The number of benzene rings is 1. The van der Waals surface area contributed by atoms with E-state index in [1.54, 1.807) is 13.1 Å². The van der Waals surface area contributed by atoms with Crippen molar-refractivity contribution in [2.24, 2.45) is 0 Å². The van der Waals surface area contributed by atoms with Gasteiger partial charge < -0.3 is 5.32 Å². The average Bonchev–Trinajstić information content (AvgIpc) is 2.32. The number of hydrogen-bond donors (Lipinski definition) is 2. The largest absolute Gasteiger partial charge is 0.316 e. The summed E-state index contributed by atoms with van der Waals surface area (Å²) >= 11 is 15.0. The summed E-state index contributed by atoms with van der Waals surface area (Å²) in [6.07, 6.45) is 0. The van der Waals surface area contributed by atoms with Crippen LogP contribution < -0.4 is 10.0 Å². The van der Waals surface area contributed by atoms with E-state index in [0.717, 1.165) is 0 Å². The summed E-state index contributed by atoms with van der Waals surface area (Å²) in [5, 5.41) is 3.12. The summed E-state index contributed by atoms with van der Waals surface area (Å²) in [6.45, 7) is 2.13. The lowest BCUT2D eigenvalue weighted by molar-refractivity contribution is 0.554. The Morgan fingerprint density at radius 1 is 1.33 bits per heavy atom. The van der Waals surface area contributed by atoms with Gasteiger partial charge in [-0.25, -0.2) is 13.1 Å². The Balaban J connectivity index is 3.03. The van der Waals surface area contributed by atoms with Crippen LogP contribution in [0.4, 0.5) is 0 Å². The first-order valence-corrected chi connectivity index (χ1v) is 8.13. The molecule has 1 unspecified atom stereocenters. The Bertz CT molecular complexity index is 537. The van der Waals surface area contributed by atoms with Gasteiger partial charge in [-0.05, 0) is 42.0 Å². The third-order valence-electron chi connectivity index (χ3n) is 2.36. The van der Waals surface area contributed by atoms with Gasteiger partial charge in [0.05, 0.1) is 10.0 Å². The fourth-order valence-electron chi connectivity index (χ4n) is 1.13. The number of rotatable bonds is 5. The number of nitrogens with one attached hydrogen (secondary N) is 2. The molecule has 0 aliphatic heterocycles. The molecule has 0 saturated carbocycles. The molecule has 0 amide bonds. The molecular weight excluding hydrogens is 363 g/mol. The molecule has 1 rings (SSSR count). The van der Waals surface area contributed by atoms with Crippen molar-refractivity contribution >= 4 is 49.2 Å². The van der Waals surface area contributed by atoms with Crippen LogP contribution in [0.15, 0.2) is 21.5 Å². The lowest BCUT2D eigenvalue weighted by atomic mass is 10.4. The van der Waals surface area contributed by atoms with Crippen molar-refractivity contribution in [2.45, 2.75) is 17.9 Å². The van der Waals surface area contributed by atoms with E-state index < -0.39 is 10.0 Å². The third kappa shape index (κ3) is 3.82. The zero-order valence-corrected chi connectivity index (χ0v) is 13.7. The number of halogens is 3. The van der Waals surface area contributed by atoms with Gasteiger partial charge in [-0.2, -0.15) is 0 Å². The molecule has 1 aromatic rings. The summed E-state index contributed by atoms with van der Waals surface area (Å²) < 4.78 is 27.1. The molecule has 1 atom stereocenters. The summed E-state index contributed by atoms with van der Waals surface area (Å²) in [7, 11) is -1.91. The molecule has 0 heterocycles. The van der Waals surface area contributed by atoms with Gasteiger partial charge in [-0.3, -0.25) is 0 Å². The van der Waals surface area contributed by atoms with Crippen molar-refractivity contribution in [3.63, 3.8) is 0 Å². The van der Waals surface area contributed by atoms with Crippen LogP contribution in [0.1, 0.15) is 6.92 Å². The zero-order chi connectivity index (χ0) is 13.9. The highest BCUT2D eigenvalue weighted by Crippen LogP contribution is 2.34. The summed E-state index contributed by atoms with van der Waals surface area (Å²) in [6, 6.07) is 2.97. The molecule has 0 aliphatic carbocycles. The molecule has 0 radical (unpaired) electrons. The van der Waals surface area contributed by atoms with E-state index in [2.05, 4.69) is 26.0 Å². The van der Waals surface area contributed by atoms with Crippen LogP contribution in [0.25, 0.3) is 0 Å². The van der Waals surface area contributed by atoms with E-state index in [9.17, 15) is 8.42 Å². The highest BCUT2D eigenvalue weighted by Gasteiger charge is 2.21. The van der Waals surface area contributed by atoms with E-state index >= 15 is 0 Å². The Hall–Kier alpha value is 0.150. The van der Waals surface area contributed by atoms with Crippen LogP contribution in [0.3, 0.4) is 0 Å². The summed E-state index contributed by atoms with van der Waals surface area (Å²) in [5.41, 5.74) is 0. The number of likely N-dealkylation sites (N-methyl/N-ethyl adjacent to an activating group) is 1. The van der Waals surface area contributed by atoms with Crippen molar-refractivity contribution < 1.29 is 8.42 Å². The molecule has 102 valence electrons. The lowest BCUT2D eigenvalue weighted by Crippen LogP contribution is -2.37. The fourth-order valence-corrected chi connectivity index (χ4v) is 3.48. The third-order valence-corrected chi connectivity index (χ3v) is 5.71. The van der Waals surface area contributed by atoms with Gasteiger partial charge in [-0.1, -0.05) is 23.2 Å². The monoisotopic (exact) mass is 374 g/mol. The molecule has 18 heavy (non-hydrogen) atoms. The minimum Gasteiger partial charge on any atom is -0.316 e. The molecule has 0 aromatic heterocycles. The van der Waals surface area contributed by atoms with Gasteiger partial charge in [0.2, 0.25) is 10.0 Å². The van der Waals surface area contributed by atoms with Gasteiger partial charge >= 0.3 is 0 Å². The summed E-state index contributed by atoms with van der Waals surface area (Å²) in [4.78, 5) is -0.0272. The van der Waals surface area contributed by atoms with Crippen LogP contribution in [0.2, 0.25) is 10.0 Å². The highest BCUT2D eigenvalue weighted by atomic mass is 79.9. The van der Waals surface area contributed by atoms with Gasteiger partial charge in [0, 0.05) is 17.1 Å². The second kappa shape index (κ2) is 6.54. The van der Waals surface area contributed by atoms with Crippen LogP contribution >= 0.6 is 39.1 Å². The molecule has 0 aliphatic rings. The molecule has 0 fully saturated rings. The van der Waals surface area contributed by atoms with Crippen molar-refractivity contribution in [1.29, 1.82) is 0 Å². The predicted octanol–water partition coefficient (Wildman–Crippen LogP) is 2.64. The topological polar surface area (TPSA) is 58.2 Å². The lowest BCUT2D eigenvalue weighted by Gasteiger charge is -2.13. The van der Waals surface area contributed by atoms with E-state index in [1.165, 1.54) is 6.07 Å². The average molecular weight is 376 g/mol. The van der Waals surface area contributed by atoms with Crippen LogP contribution in [-0.2, 0) is 10.0 Å². The number of hydrogen-bond acceptors (Lipinski definition) is 3. The maximum absolute atomic E-state index is 12.0. The molecule has 0 saturated heterocycles. The minimum atomic E-state index is -3.66. The Morgan fingerprint density at radius 3 is 2.50 bits per heavy atom. The van der Waals surface area contributed by atoms with E-state index in [4.69, 9.17) is 23.2 Å². The molecular formula is C10H13BrCl2N2O2S. The van der Waals surface area contributed by atoms with Crippen molar-refractivity contribution in [3.05, 3.63) is 26.7 Å².